The summed E-state index contributed by atoms with van der Waals surface area (Å²) in [6.45, 7) is 10.8. The molecule has 0 radical (unpaired) electrons. The number of hydrogen-bond donors (Lipinski definition) is 2. The molecule has 34 heavy (non-hydrogen) atoms. The minimum atomic E-state index is 1.02. The van der Waals surface area contributed by atoms with Crippen LogP contribution in [0.5, 0.6) is 0 Å². The number of para-hydroxylation sites is 2. The molecular formula is C30H40N4+2. The molecule has 2 aromatic carbocycles. The molecule has 2 aromatic heterocycles. The standard InChI is InChI=1S/C30H38N4/c1-21-13-11-15-25-27(19-23(3)33(5)29(21)25)31-17-9-7-8-10-18-32-28-20-24(4)34(6)30-22(2)14-12-16-26(28)30/h11-16,19-20H,7-10,17-18H2,1-6H3/p+2. The van der Waals surface area contributed by atoms with Gasteiger partial charge in [0.25, 0.3) is 0 Å². The topological polar surface area (TPSA) is 31.8 Å². The van der Waals surface area contributed by atoms with Crippen LogP contribution in [0, 0.1) is 27.7 Å². The summed E-state index contributed by atoms with van der Waals surface area (Å²) < 4.78 is 4.59. The molecule has 0 aliphatic carbocycles. The first-order valence-electron chi connectivity index (χ1n) is 12.6. The van der Waals surface area contributed by atoms with Crippen LogP contribution in [0.25, 0.3) is 21.8 Å². The summed E-state index contributed by atoms with van der Waals surface area (Å²) in [5.74, 6) is 0. The Morgan fingerprint density at radius 1 is 0.588 bits per heavy atom. The zero-order chi connectivity index (χ0) is 24.2. The van der Waals surface area contributed by atoms with E-state index in [4.69, 9.17) is 0 Å². The van der Waals surface area contributed by atoms with E-state index >= 15 is 0 Å². The molecule has 0 unspecified atom stereocenters. The highest BCUT2D eigenvalue weighted by atomic mass is 15.0. The summed E-state index contributed by atoms with van der Waals surface area (Å²) in [7, 11) is 4.31. The van der Waals surface area contributed by atoms with Crippen molar-refractivity contribution >= 4 is 33.2 Å². The number of hydrogen-bond acceptors (Lipinski definition) is 2. The number of pyridine rings is 2. The van der Waals surface area contributed by atoms with Gasteiger partial charge in [-0.15, -0.1) is 0 Å². The smallest absolute Gasteiger partial charge is 0.217 e. The SMILES string of the molecule is Cc1cccc2c(NCCCCCCNc3cc(C)[n+](C)c4c(C)cccc34)cc(C)[n+](C)c12. The normalized spacial score (nSPS) is 11.4. The zero-order valence-electron chi connectivity index (χ0n) is 21.8. The van der Waals surface area contributed by atoms with Gasteiger partial charge < -0.3 is 10.6 Å². The van der Waals surface area contributed by atoms with Gasteiger partial charge in [-0.1, -0.05) is 37.1 Å². The third-order valence-electron chi connectivity index (χ3n) is 7.23. The summed E-state index contributed by atoms with van der Waals surface area (Å²) in [6, 6.07) is 17.7. The van der Waals surface area contributed by atoms with Crippen LogP contribution in [-0.4, -0.2) is 13.1 Å². The van der Waals surface area contributed by atoms with Gasteiger partial charge in [-0.25, -0.2) is 0 Å². The Bertz CT molecular complexity index is 1220. The monoisotopic (exact) mass is 456 g/mol. The maximum atomic E-state index is 3.71. The fraction of sp³-hybridized carbons (Fsp3) is 0.400. The molecule has 178 valence electrons. The predicted octanol–water partition coefficient (Wildman–Crippen LogP) is 5.96. The third kappa shape index (κ3) is 4.86. The van der Waals surface area contributed by atoms with Crippen LogP contribution in [0.4, 0.5) is 11.4 Å². The number of rotatable bonds is 9. The molecule has 0 saturated heterocycles. The van der Waals surface area contributed by atoms with Crippen LogP contribution in [0.15, 0.2) is 48.5 Å². The molecular weight excluding hydrogens is 416 g/mol. The second-order valence-electron chi connectivity index (χ2n) is 9.73. The largest absolute Gasteiger partial charge is 0.384 e. The van der Waals surface area contributed by atoms with Gasteiger partial charge in [0, 0.05) is 50.2 Å². The second kappa shape index (κ2) is 10.4. The highest BCUT2D eigenvalue weighted by molar-refractivity contribution is 5.91. The van der Waals surface area contributed by atoms with Crippen molar-refractivity contribution in [3.05, 3.63) is 71.0 Å². The predicted molar refractivity (Wildman–Crippen MR) is 145 cm³/mol. The number of aromatic nitrogens is 2. The summed E-state index contributed by atoms with van der Waals surface area (Å²) in [5, 5.41) is 10.0. The molecule has 4 aromatic rings. The van der Waals surface area contributed by atoms with E-state index in [1.807, 2.05) is 0 Å². The third-order valence-corrected chi connectivity index (χ3v) is 7.23. The summed E-state index contributed by atoms with van der Waals surface area (Å²) >= 11 is 0. The molecule has 4 nitrogen and oxygen atoms in total. The van der Waals surface area contributed by atoms with Crippen LogP contribution in [0.3, 0.4) is 0 Å². The van der Waals surface area contributed by atoms with E-state index in [1.165, 1.54) is 81.4 Å². The van der Waals surface area contributed by atoms with E-state index in [0.29, 0.717) is 0 Å². The number of nitrogens with one attached hydrogen (secondary N) is 2. The maximum Gasteiger partial charge on any atom is 0.217 e. The van der Waals surface area contributed by atoms with Crippen LogP contribution in [0.1, 0.15) is 48.2 Å². The number of nitrogens with zero attached hydrogens (tertiary/aromatic N) is 2. The maximum absolute atomic E-state index is 3.71. The Hall–Kier alpha value is -3.14. The summed E-state index contributed by atoms with van der Waals surface area (Å²) in [4.78, 5) is 0. The molecule has 0 saturated carbocycles. The number of unbranched alkanes of at least 4 members (excludes halogenated alkanes) is 3. The molecule has 0 spiro atoms. The zero-order valence-corrected chi connectivity index (χ0v) is 21.8. The first kappa shape index (κ1) is 24.0. The molecule has 0 aliphatic rings. The van der Waals surface area contributed by atoms with Crippen LogP contribution >= 0.6 is 0 Å². The molecule has 4 heteroatoms. The second-order valence-corrected chi connectivity index (χ2v) is 9.73. The molecule has 2 N–H and O–H groups in total. The number of fused-ring (bicyclic) bond motifs is 2. The lowest BCUT2D eigenvalue weighted by molar-refractivity contribution is -0.651. The van der Waals surface area contributed by atoms with E-state index in [-0.39, 0.29) is 0 Å². The molecule has 0 aliphatic heterocycles. The van der Waals surface area contributed by atoms with Crippen molar-refractivity contribution in [1.29, 1.82) is 0 Å². The lowest BCUT2D eigenvalue weighted by Gasteiger charge is -2.12. The van der Waals surface area contributed by atoms with E-state index in [9.17, 15) is 0 Å². The highest BCUT2D eigenvalue weighted by Gasteiger charge is 2.16. The minimum Gasteiger partial charge on any atom is -0.384 e. The van der Waals surface area contributed by atoms with Gasteiger partial charge in [0.2, 0.25) is 11.0 Å². The number of anilines is 2. The molecule has 0 amide bonds. The molecule has 2 heterocycles. The van der Waals surface area contributed by atoms with Crippen LogP contribution in [-0.2, 0) is 14.1 Å². The summed E-state index contributed by atoms with van der Waals surface area (Å²) in [6.07, 6.45) is 4.87. The van der Waals surface area contributed by atoms with Crippen molar-refractivity contribution in [3.63, 3.8) is 0 Å². The van der Waals surface area contributed by atoms with E-state index in [2.05, 4.69) is 110 Å². The quantitative estimate of drug-likeness (QED) is 0.241. The lowest BCUT2D eigenvalue weighted by Crippen LogP contribution is -2.33. The van der Waals surface area contributed by atoms with Gasteiger partial charge in [-0.05, 0) is 38.8 Å². The van der Waals surface area contributed by atoms with Crippen molar-refractivity contribution in [3.8, 4) is 0 Å². The van der Waals surface area contributed by atoms with Gasteiger partial charge in [0.05, 0.1) is 22.1 Å². The van der Waals surface area contributed by atoms with Gasteiger partial charge >= 0.3 is 0 Å². The van der Waals surface area contributed by atoms with E-state index < -0.39 is 0 Å². The first-order valence-corrected chi connectivity index (χ1v) is 12.6. The van der Waals surface area contributed by atoms with Gasteiger partial charge in [-0.2, -0.15) is 9.13 Å². The molecule has 4 rings (SSSR count). The van der Waals surface area contributed by atoms with Gasteiger partial charge in [-0.3, -0.25) is 0 Å². The van der Waals surface area contributed by atoms with E-state index in [0.717, 1.165) is 13.1 Å². The highest BCUT2D eigenvalue weighted by Crippen LogP contribution is 2.25. The van der Waals surface area contributed by atoms with Crippen LogP contribution < -0.4 is 19.8 Å². The average molecular weight is 457 g/mol. The fourth-order valence-electron chi connectivity index (χ4n) is 5.10. The minimum absolute atomic E-state index is 1.02. The number of aryl methyl sites for hydroxylation is 6. The van der Waals surface area contributed by atoms with E-state index in [1.54, 1.807) is 0 Å². The van der Waals surface area contributed by atoms with Crippen molar-refractivity contribution < 1.29 is 9.13 Å². The first-order chi connectivity index (χ1) is 16.4. The molecule has 0 bridgehead atoms. The average Bonchev–Trinajstić information content (AvgIpc) is 2.81. The van der Waals surface area contributed by atoms with Crippen molar-refractivity contribution in [2.45, 2.75) is 53.4 Å². The Balaban J connectivity index is 1.27. The fourth-order valence-corrected chi connectivity index (χ4v) is 5.10. The molecule has 0 fully saturated rings. The van der Waals surface area contributed by atoms with Crippen LogP contribution in [0.2, 0.25) is 0 Å². The Labute approximate surface area is 204 Å². The van der Waals surface area contributed by atoms with Crippen molar-refractivity contribution in [2.75, 3.05) is 23.7 Å². The molecule has 0 atom stereocenters. The van der Waals surface area contributed by atoms with Gasteiger partial charge in [0.1, 0.15) is 14.1 Å². The Kier molecular flexibility index (Phi) is 7.35. The Morgan fingerprint density at radius 3 is 1.41 bits per heavy atom. The van der Waals surface area contributed by atoms with Crippen molar-refractivity contribution in [1.82, 2.24) is 0 Å². The lowest BCUT2D eigenvalue weighted by atomic mass is 10.1. The summed E-state index contributed by atoms with van der Waals surface area (Å²) in [5.41, 5.74) is 10.4. The Morgan fingerprint density at radius 2 is 1.00 bits per heavy atom. The van der Waals surface area contributed by atoms with Crippen molar-refractivity contribution in [2.24, 2.45) is 14.1 Å². The van der Waals surface area contributed by atoms with Gasteiger partial charge in [0.15, 0.2) is 11.4 Å². The number of benzene rings is 2.